The van der Waals surface area contributed by atoms with Gasteiger partial charge in [-0.1, -0.05) is 80.3 Å². The summed E-state index contributed by atoms with van der Waals surface area (Å²) in [6.07, 6.45) is 11.4. The molecule has 0 bridgehead atoms. The van der Waals surface area contributed by atoms with Crippen LogP contribution in [0.4, 0.5) is 5.69 Å². The van der Waals surface area contributed by atoms with E-state index < -0.39 is 25.2 Å². The first-order valence-electron chi connectivity index (χ1n) is 16.8. The summed E-state index contributed by atoms with van der Waals surface area (Å²) in [4.78, 5) is 42.6. The molecule has 3 amide bonds. The third-order valence-corrected chi connectivity index (χ3v) is 12.2. The van der Waals surface area contributed by atoms with Gasteiger partial charge < -0.3 is 25.2 Å². The molecule has 2 fully saturated rings. The molecular formula is C36H51ClN3O5P. The maximum absolute atomic E-state index is 14.0. The van der Waals surface area contributed by atoms with Crippen LogP contribution in [-0.2, 0) is 25.3 Å². The second kappa shape index (κ2) is 17.5. The molecular weight excluding hydrogens is 621 g/mol. The minimum atomic E-state index is -2.05. The first-order valence-corrected chi connectivity index (χ1v) is 19.6. The molecule has 252 valence electrons. The summed E-state index contributed by atoms with van der Waals surface area (Å²) in [5, 5.41) is 18.2. The van der Waals surface area contributed by atoms with Crippen molar-refractivity contribution in [3.8, 4) is 0 Å². The number of anilines is 1. The van der Waals surface area contributed by atoms with Crippen LogP contribution in [0.2, 0.25) is 5.02 Å². The molecule has 2 aliphatic rings. The second-order valence-electron chi connectivity index (χ2n) is 13.1. The summed E-state index contributed by atoms with van der Waals surface area (Å²) >= 11 is 6.00. The van der Waals surface area contributed by atoms with Crippen molar-refractivity contribution in [2.75, 3.05) is 25.1 Å². The van der Waals surface area contributed by atoms with Crippen LogP contribution in [0.25, 0.3) is 0 Å². The summed E-state index contributed by atoms with van der Waals surface area (Å²) < 4.78 is 6.00. The van der Waals surface area contributed by atoms with E-state index in [4.69, 9.17) is 16.1 Å². The Labute approximate surface area is 279 Å². The van der Waals surface area contributed by atoms with Crippen molar-refractivity contribution in [2.45, 2.75) is 95.5 Å². The zero-order chi connectivity index (χ0) is 33.1. The van der Waals surface area contributed by atoms with Crippen molar-refractivity contribution < 1.29 is 24.0 Å². The Morgan fingerprint density at radius 1 is 1.02 bits per heavy atom. The van der Waals surface area contributed by atoms with Gasteiger partial charge in [0.1, 0.15) is 0 Å². The number of benzene rings is 2. The summed E-state index contributed by atoms with van der Waals surface area (Å²) in [7, 11) is -2.05. The first kappa shape index (κ1) is 36.2. The van der Waals surface area contributed by atoms with Crippen LogP contribution in [0.3, 0.4) is 0 Å². The van der Waals surface area contributed by atoms with Crippen molar-refractivity contribution in [2.24, 2.45) is 11.8 Å². The maximum atomic E-state index is 14.0. The maximum Gasteiger partial charge on any atom is 0.225 e. The number of hydrogen-bond donors (Lipinski definition) is 3. The van der Waals surface area contributed by atoms with Crippen LogP contribution in [0.5, 0.6) is 0 Å². The minimum Gasteiger partial charge on any atom is -0.390 e. The fraction of sp³-hybridized carbons (Fsp3) is 0.556. The average Bonchev–Trinajstić information content (AvgIpc) is 3.54. The van der Waals surface area contributed by atoms with E-state index in [-0.39, 0.29) is 36.3 Å². The molecule has 1 aliphatic heterocycles. The lowest BCUT2D eigenvalue weighted by Crippen LogP contribution is -2.49. The molecule has 2 aromatic rings. The Balaban J connectivity index is 1.49. The molecule has 0 aromatic heterocycles. The van der Waals surface area contributed by atoms with Gasteiger partial charge in [-0.15, -0.1) is 0 Å². The van der Waals surface area contributed by atoms with Crippen LogP contribution in [0.15, 0.2) is 54.6 Å². The van der Waals surface area contributed by atoms with Gasteiger partial charge >= 0.3 is 0 Å². The Kier molecular flexibility index (Phi) is 13.8. The van der Waals surface area contributed by atoms with Crippen LogP contribution in [-0.4, -0.2) is 71.8 Å². The number of halogens is 1. The van der Waals surface area contributed by atoms with E-state index in [2.05, 4.69) is 16.9 Å². The number of likely N-dealkylation sites (tertiary alicyclic amines) is 1. The molecule has 2 aromatic carbocycles. The number of nitrogens with zero attached hydrogens (tertiary/aromatic N) is 1. The normalized spacial score (nSPS) is 20.3. The van der Waals surface area contributed by atoms with E-state index in [0.717, 1.165) is 44.1 Å². The number of aliphatic hydroxyl groups is 1. The van der Waals surface area contributed by atoms with Crippen molar-refractivity contribution in [3.63, 3.8) is 0 Å². The third-order valence-electron chi connectivity index (χ3n) is 9.34. The standard InChI is InChI=1S/C36H51ClN3O5P/c1-4-45-46(2,3)35-16-11-21-40(35)34(43)25-32(41)31(23-27-14-9-6-10-15-27)39-36(44)28(22-26-12-7-5-8-13-26)24-33(42)38-30-19-17-29(37)18-20-30/h5,7-8,12-13,17-20,27-28,31-32,35,41H,2,4,6,9-11,14-16,21-25H2,1,3H3,(H,38,42)(H,39,44). The molecule has 8 nitrogen and oxygen atoms in total. The molecule has 0 spiro atoms. The summed E-state index contributed by atoms with van der Waals surface area (Å²) in [6, 6.07) is 15.9. The third kappa shape index (κ3) is 10.7. The van der Waals surface area contributed by atoms with E-state index >= 15 is 0 Å². The highest BCUT2D eigenvalue weighted by Crippen LogP contribution is 2.52. The Hall–Kier alpha value is -2.64. The Morgan fingerprint density at radius 2 is 1.72 bits per heavy atom. The predicted octanol–water partition coefficient (Wildman–Crippen LogP) is 6.71. The summed E-state index contributed by atoms with van der Waals surface area (Å²) in [6.45, 7) is 5.13. The van der Waals surface area contributed by atoms with E-state index in [1.54, 1.807) is 24.3 Å². The number of carbonyl (C=O) groups excluding carboxylic acids is 3. The Morgan fingerprint density at radius 3 is 2.39 bits per heavy atom. The molecule has 1 saturated carbocycles. The molecule has 1 aliphatic carbocycles. The number of amides is 3. The number of rotatable bonds is 15. The van der Waals surface area contributed by atoms with Gasteiger partial charge in [0.25, 0.3) is 0 Å². The lowest BCUT2D eigenvalue weighted by molar-refractivity contribution is -0.135. The summed E-state index contributed by atoms with van der Waals surface area (Å²) in [5.74, 6) is -1.09. The van der Waals surface area contributed by atoms with Gasteiger partial charge in [-0.3, -0.25) is 14.4 Å². The average molecular weight is 672 g/mol. The summed E-state index contributed by atoms with van der Waals surface area (Å²) in [5.41, 5.74) is 1.54. The molecule has 1 saturated heterocycles. The van der Waals surface area contributed by atoms with Gasteiger partial charge in [-0.05, 0) is 75.0 Å². The molecule has 0 radical (unpaired) electrons. The topological polar surface area (TPSA) is 108 Å². The van der Waals surface area contributed by atoms with Crippen LogP contribution >= 0.6 is 18.7 Å². The lowest BCUT2D eigenvalue weighted by atomic mass is 9.83. The zero-order valence-electron chi connectivity index (χ0n) is 27.3. The number of carbonyl (C=O) groups is 3. The van der Waals surface area contributed by atoms with E-state index in [1.165, 1.54) is 6.42 Å². The first-order chi connectivity index (χ1) is 22.1. The fourth-order valence-electron chi connectivity index (χ4n) is 6.95. The highest BCUT2D eigenvalue weighted by Gasteiger charge is 2.38. The molecule has 46 heavy (non-hydrogen) atoms. The number of nitrogens with one attached hydrogen (secondary N) is 2. The molecule has 5 atom stereocenters. The zero-order valence-corrected chi connectivity index (χ0v) is 29.0. The largest absolute Gasteiger partial charge is 0.390 e. The van der Waals surface area contributed by atoms with Crippen LogP contribution in [0, 0.1) is 11.8 Å². The second-order valence-corrected chi connectivity index (χ2v) is 16.7. The van der Waals surface area contributed by atoms with Crippen molar-refractivity contribution in [1.29, 1.82) is 0 Å². The lowest BCUT2D eigenvalue weighted by Gasteiger charge is -2.35. The van der Waals surface area contributed by atoms with Gasteiger partial charge in [0, 0.05) is 37.4 Å². The highest BCUT2D eigenvalue weighted by atomic mass is 35.5. The van der Waals surface area contributed by atoms with Gasteiger partial charge in [0.05, 0.1) is 30.3 Å². The van der Waals surface area contributed by atoms with Crippen LogP contribution in [0.1, 0.15) is 76.7 Å². The van der Waals surface area contributed by atoms with Gasteiger partial charge in [0.15, 0.2) is 0 Å². The van der Waals surface area contributed by atoms with Crippen molar-refractivity contribution in [1.82, 2.24) is 10.2 Å². The van der Waals surface area contributed by atoms with Crippen molar-refractivity contribution >= 4 is 48.4 Å². The van der Waals surface area contributed by atoms with Gasteiger partial charge in [-0.25, -0.2) is 0 Å². The monoisotopic (exact) mass is 671 g/mol. The van der Waals surface area contributed by atoms with Crippen molar-refractivity contribution in [3.05, 3.63) is 65.2 Å². The van der Waals surface area contributed by atoms with E-state index in [9.17, 15) is 19.5 Å². The molecule has 4 rings (SSSR count). The molecule has 1 heterocycles. The van der Waals surface area contributed by atoms with Gasteiger partial charge in [-0.2, -0.15) is 0 Å². The SMILES string of the molecule is C=P(C)(OCC)C1CCCN1C(=O)CC(O)C(CC1CCCCC1)NC(=O)C(CC(=O)Nc1ccc(Cl)cc1)Cc1ccccc1. The minimum absolute atomic E-state index is 0.0345. The van der Waals surface area contributed by atoms with Gasteiger partial charge in [0.2, 0.25) is 17.7 Å². The number of hydrogen-bond acceptors (Lipinski definition) is 5. The van der Waals surface area contributed by atoms with Crippen LogP contribution < -0.4 is 10.6 Å². The van der Waals surface area contributed by atoms with E-state index in [0.29, 0.717) is 42.6 Å². The predicted molar refractivity (Wildman–Crippen MR) is 188 cm³/mol. The fourth-order valence-corrected chi connectivity index (χ4v) is 9.40. The highest BCUT2D eigenvalue weighted by molar-refractivity contribution is 7.69. The quantitative estimate of drug-likeness (QED) is 0.182. The molecule has 10 heteroatoms. The van der Waals surface area contributed by atoms with E-state index in [1.807, 2.05) is 48.8 Å². The molecule has 5 unspecified atom stereocenters. The Bertz CT molecular complexity index is 1330. The number of aliphatic hydroxyl groups excluding tert-OH is 1. The smallest absolute Gasteiger partial charge is 0.225 e. The molecule has 3 N–H and O–H groups in total.